The number of carbonyl (C=O) groups excluding carboxylic acids is 1. The molecule has 108 valence electrons. The Balaban J connectivity index is 1.70. The molecule has 0 aromatic heterocycles. The van der Waals surface area contributed by atoms with E-state index in [9.17, 15) is 9.90 Å². The molecule has 20 heavy (non-hydrogen) atoms. The minimum atomic E-state index is -0.373. The Bertz CT molecular complexity index is 482. The minimum Gasteiger partial charge on any atom is -0.508 e. The Kier molecular flexibility index (Phi) is 3.89. The Morgan fingerprint density at radius 1 is 1.45 bits per heavy atom. The molecule has 5 heteroatoms. The molecule has 2 N–H and O–H groups in total. The maximum Gasteiger partial charge on any atom is 0.253 e. The van der Waals surface area contributed by atoms with Crippen molar-refractivity contribution in [2.45, 2.75) is 31.5 Å². The van der Waals surface area contributed by atoms with Crippen LogP contribution >= 0.6 is 0 Å². The summed E-state index contributed by atoms with van der Waals surface area (Å²) in [6.45, 7) is 2.51. The van der Waals surface area contributed by atoms with Crippen LogP contribution in [0.15, 0.2) is 24.3 Å². The molecule has 1 amide bonds. The zero-order chi connectivity index (χ0) is 13.9. The quantitative estimate of drug-likeness (QED) is 0.856. The van der Waals surface area contributed by atoms with Gasteiger partial charge in [-0.3, -0.25) is 4.79 Å². The highest BCUT2D eigenvalue weighted by Crippen LogP contribution is 2.29. The van der Waals surface area contributed by atoms with Gasteiger partial charge in [-0.25, -0.2) is 0 Å². The monoisotopic (exact) mass is 276 g/mol. The number of aromatic hydroxyl groups is 1. The number of benzene rings is 1. The summed E-state index contributed by atoms with van der Waals surface area (Å²) in [5.41, 5.74) is 0.953. The second kappa shape index (κ2) is 5.81. The van der Waals surface area contributed by atoms with Crippen molar-refractivity contribution in [1.29, 1.82) is 0 Å². The molecule has 1 unspecified atom stereocenters. The van der Waals surface area contributed by atoms with Crippen LogP contribution in [0.3, 0.4) is 0 Å². The average molecular weight is 276 g/mol. The Morgan fingerprint density at radius 3 is 2.95 bits per heavy atom. The Labute approximate surface area is 118 Å². The normalized spacial score (nSPS) is 22.5. The molecule has 1 aromatic carbocycles. The smallest absolute Gasteiger partial charge is 0.253 e. The summed E-state index contributed by atoms with van der Waals surface area (Å²) < 4.78 is 5.56. The largest absolute Gasteiger partial charge is 0.508 e. The van der Waals surface area contributed by atoms with Gasteiger partial charge in [-0.15, -0.1) is 0 Å². The first-order valence-corrected chi connectivity index (χ1v) is 7.15. The van der Waals surface area contributed by atoms with Gasteiger partial charge in [-0.05, 0) is 30.5 Å². The van der Waals surface area contributed by atoms with Crippen molar-refractivity contribution in [3.63, 3.8) is 0 Å². The number of hydrogen-bond donors (Lipinski definition) is 2. The maximum absolute atomic E-state index is 12.6. The van der Waals surface area contributed by atoms with Gasteiger partial charge in [0.1, 0.15) is 11.9 Å². The summed E-state index contributed by atoms with van der Waals surface area (Å²) in [5, 5.41) is 12.7. The fraction of sp³-hybridized carbons (Fsp3) is 0.533. The molecular formula is C15H20N2O3. The third-order valence-electron chi connectivity index (χ3n) is 3.74. The highest BCUT2D eigenvalue weighted by atomic mass is 16.5. The van der Waals surface area contributed by atoms with Gasteiger partial charge in [0.15, 0.2) is 0 Å². The summed E-state index contributed by atoms with van der Waals surface area (Å²) in [5.74, 6) is 0.296. The lowest BCUT2D eigenvalue weighted by molar-refractivity contribution is -0.146. The molecule has 1 atom stereocenters. The molecule has 2 fully saturated rings. The van der Waals surface area contributed by atoms with E-state index >= 15 is 0 Å². The van der Waals surface area contributed by atoms with Crippen LogP contribution in [-0.4, -0.2) is 47.8 Å². The van der Waals surface area contributed by atoms with Gasteiger partial charge >= 0.3 is 0 Å². The first-order chi connectivity index (χ1) is 9.74. The lowest BCUT2D eigenvalue weighted by Gasteiger charge is -2.30. The SMILES string of the molecule is O=C(C1CNCCO1)N(Cc1cccc(O)c1)C1CC1. The third kappa shape index (κ3) is 3.11. The average Bonchev–Trinajstić information content (AvgIpc) is 3.30. The van der Waals surface area contributed by atoms with Gasteiger partial charge in [0.2, 0.25) is 0 Å². The first-order valence-electron chi connectivity index (χ1n) is 7.15. The molecule has 3 rings (SSSR count). The standard InChI is InChI=1S/C15H20N2O3/c18-13-3-1-2-11(8-13)10-17(12-4-5-12)15(19)14-9-16-6-7-20-14/h1-3,8,12,14,16,18H,4-7,9-10H2. The second-order valence-electron chi connectivity index (χ2n) is 5.43. The van der Waals surface area contributed by atoms with Crippen molar-refractivity contribution in [1.82, 2.24) is 10.2 Å². The van der Waals surface area contributed by atoms with E-state index in [-0.39, 0.29) is 17.8 Å². The number of nitrogens with zero attached hydrogens (tertiary/aromatic N) is 1. The number of nitrogens with one attached hydrogen (secondary N) is 1. The topological polar surface area (TPSA) is 61.8 Å². The van der Waals surface area contributed by atoms with Crippen LogP contribution in [-0.2, 0) is 16.1 Å². The van der Waals surface area contributed by atoms with E-state index in [2.05, 4.69) is 5.32 Å². The lowest BCUT2D eigenvalue weighted by Crippen LogP contribution is -2.49. The van der Waals surface area contributed by atoms with Crippen LogP contribution in [0.4, 0.5) is 0 Å². The van der Waals surface area contributed by atoms with Gasteiger partial charge in [0.05, 0.1) is 6.61 Å². The Morgan fingerprint density at radius 2 is 2.30 bits per heavy atom. The van der Waals surface area contributed by atoms with Crippen LogP contribution in [0.5, 0.6) is 5.75 Å². The molecular weight excluding hydrogens is 256 g/mol. The predicted molar refractivity (Wildman–Crippen MR) is 74.3 cm³/mol. The van der Waals surface area contributed by atoms with Crippen molar-refractivity contribution in [2.24, 2.45) is 0 Å². The molecule has 1 heterocycles. The molecule has 1 aliphatic heterocycles. The number of morpholine rings is 1. The molecule has 1 aromatic rings. The number of amides is 1. The fourth-order valence-corrected chi connectivity index (χ4v) is 2.53. The second-order valence-corrected chi connectivity index (χ2v) is 5.43. The van der Waals surface area contributed by atoms with Gasteiger partial charge in [0, 0.05) is 25.7 Å². The van der Waals surface area contributed by atoms with Crippen LogP contribution < -0.4 is 5.32 Å². The van der Waals surface area contributed by atoms with Crippen LogP contribution in [0.25, 0.3) is 0 Å². The van der Waals surface area contributed by atoms with Gasteiger partial charge < -0.3 is 20.1 Å². The molecule has 0 radical (unpaired) electrons. The highest BCUT2D eigenvalue weighted by molar-refractivity contribution is 5.82. The fourth-order valence-electron chi connectivity index (χ4n) is 2.53. The molecule has 5 nitrogen and oxygen atoms in total. The zero-order valence-corrected chi connectivity index (χ0v) is 11.4. The molecule has 1 saturated carbocycles. The van der Waals surface area contributed by atoms with Gasteiger partial charge in [-0.2, -0.15) is 0 Å². The number of ether oxygens (including phenoxy) is 1. The van der Waals surface area contributed by atoms with E-state index < -0.39 is 0 Å². The number of rotatable bonds is 4. The van der Waals surface area contributed by atoms with Crippen molar-refractivity contribution in [3.05, 3.63) is 29.8 Å². The van der Waals surface area contributed by atoms with Crippen molar-refractivity contribution in [2.75, 3.05) is 19.7 Å². The molecule has 1 saturated heterocycles. The summed E-state index contributed by atoms with van der Waals surface area (Å²) in [6.07, 6.45) is 1.75. The van der Waals surface area contributed by atoms with Gasteiger partial charge in [0.25, 0.3) is 5.91 Å². The van der Waals surface area contributed by atoms with E-state index in [1.807, 2.05) is 11.0 Å². The molecule has 0 bridgehead atoms. The van der Waals surface area contributed by atoms with E-state index in [1.54, 1.807) is 18.2 Å². The number of carbonyl (C=O) groups is 1. The number of hydrogen-bond acceptors (Lipinski definition) is 4. The van der Waals surface area contributed by atoms with Crippen molar-refractivity contribution >= 4 is 5.91 Å². The lowest BCUT2D eigenvalue weighted by atomic mass is 10.1. The molecule has 1 aliphatic carbocycles. The first kappa shape index (κ1) is 13.4. The summed E-state index contributed by atoms with van der Waals surface area (Å²) >= 11 is 0. The number of phenolic OH excluding ortho intramolecular Hbond substituents is 1. The van der Waals surface area contributed by atoms with Crippen molar-refractivity contribution < 1.29 is 14.6 Å². The molecule has 2 aliphatic rings. The van der Waals surface area contributed by atoms with Gasteiger partial charge in [-0.1, -0.05) is 12.1 Å². The Hall–Kier alpha value is -1.59. The van der Waals surface area contributed by atoms with Crippen molar-refractivity contribution in [3.8, 4) is 5.75 Å². The minimum absolute atomic E-state index is 0.0584. The van der Waals surface area contributed by atoms with E-state index in [0.29, 0.717) is 25.7 Å². The van der Waals surface area contributed by atoms with Crippen LogP contribution in [0.2, 0.25) is 0 Å². The van der Waals surface area contributed by atoms with E-state index in [0.717, 1.165) is 24.9 Å². The van der Waals surface area contributed by atoms with E-state index in [1.165, 1.54) is 0 Å². The summed E-state index contributed by atoms with van der Waals surface area (Å²) in [6, 6.07) is 7.42. The maximum atomic E-state index is 12.6. The van der Waals surface area contributed by atoms with Crippen LogP contribution in [0.1, 0.15) is 18.4 Å². The highest BCUT2D eigenvalue weighted by Gasteiger charge is 2.36. The predicted octanol–water partition coefficient (Wildman–Crippen LogP) is 0.872. The number of phenols is 1. The summed E-state index contributed by atoms with van der Waals surface area (Å²) in [7, 11) is 0. The van der Waals surface area contributed by atoms with Crippen LogP contribution in [0, 0.1) is 0 Å². The third-order valence-corrected chi connectivity index (χ3v) is 3.74. The summed E-state index contributed by atoms with van der Waals surface area (Å²) in [4.78, 5) is 14.5. The zero-order valence-electron chi connectivity index (χ0n) is 11.4. The molecule has 0 spiro atoms. The van der Waals surface area contributed by atoms with E-state index in [4.69, 9.17) is 4.74 Å².